The molecule has 0 unspecified atom stereocenters. The van der Waals surface area contributed by atoms with Crippen LogP contribution in [0, 0.1) is 0 Å². The van der Waals surface area contributed by atoms with Gasteiger partial charge in [-0.05, 0) is 36.6 Å². The number of nitrogens with one attached hydrogen (secondary N) is 1. The van der Waals surface area contributed by atoms with Gasteiger partial charge < -0.3 is 15.0 Å². The summed E-state index contributed by atoms with van der Waals surface area (Å²) in [5.74, 6) is 0.679. The summed E-state index contributed by atoms with van der Waals surface area (Å²) >= 11 is 0. The van der Waals surface area contributed by atoms with Gasteiger partial charge in [0.1, 0.15) is 11.6 Å². The zero-order valence-electron chi connectivity index (χ0n) is 15.5. The van der Waals surface area contributed by atoms with Gasteiger partial charge >= 0.3 is 6.55 Å². The highest BCUT2D eigenvalue weighted by molar-refractivity contribution is 5.94. The number of anilines is 1. The highest BCUT2D eigenvalue weighted by Gasteiger charge is 2.17. The normalized spacial score (nSPS) is 13.2. The van der Waals surface area contributed by atoms with Crippen molar-refractivity contribution in [3.05, 3.63) is 42.0 Å². The van der Waals surface area contributed by atoms with Crippen molar-refractivity contribution in [3.8, 4) is 5.75 Å². The molecular weight excluding hydrogens is 370 g/mol. The Morgan fingerprint density at radius 2 is 2.21 bits per heavy atom. The third-order valence-corrected chi connectivity index (χ3v) is 4.54. The van der Waals surface area contributed by atoms with Crippen LogP contribution in [-0.2, 0) is 22.6 Å². The molecule has 150 valence electrons. The van der Waals surface area contributed by atoms with Crippen molar-refractivity contribution in [3.63, 3.8) is 0 Å². The number of hydrogen-bond acceptors (Lipinski definition) is 4. The van der Waals surface area contributed by atoms with Crippen molar-refractivity contribution in [2.24, 2.45) is 0 Å². The van der Waals surface area contributed by atoms with E-state index in [0.29, 0.717) is 31.6 Å². The van der Waals surface area contributed by atoms with E-state index < -0.39 is 6.55 Å². The maximum atomic E-state index is 12.8. The van der Waals surface area contributed by atoms with E-state index in [1.807, 2.05) is 12.1 Å². The van der Waals surface area contributed by atoms with Gasteiger partial charge in [-0.15, -0.1) is 0 Å². The van der Waals surface area contributed by atoms with E-state index in [4.69, 9.17) is 4.74 Å². The number of amides is 2. The van der Waals surface area contributed by atoms with E-state index in [1.54, 1.807) is 13.1 Å². The van der Waals surface area contributed by atoms with Gasteiger partial charge in [-0.25, -0.2) is 4.98 Å². The number of imidazole rings is 1. The van der Waals surface area contributed by atoms with Crippen molar-refractivity contribution < 1.29 is 23.1 Å². The number of carbonyl (C=O) groups is 2. The minimum atomic E-state index is -2.68. The number of nitrogens with zero attached hydrogens (tertiary/aromatic N) is 3. The topological polar surface area (TPSA) is 76.5 Å². The average Bonchev–Trinajstić information content (AvgIpc) is 3.13. The minimum Gasteiger partial charge on any atom is -0.494 e. The van der Waals surface area contributed by atoms with Crippen molar-refractivity contribution in [1.82, 2.24) is 14.5 Å². The number of aryl methyl sites for hydroxylation is 1. The molecule has 0 saturated heterocycles. The smallest absolute Gasteiger partial charge is 0.319 e. The number of hydrogen-bond donors (Lipinski definition) is 1. The number of benzene rings is 1. The Bertz CT molecular complexity index is 853. The zero-order chi connectivity index (χ0) is 20.1. The molecule has 1 aliphatic rings. The van der Waals surface area contributed by atoms with E-state index >= 15 is 0 Å². The Labute approximate surface area is 161 Å². The number of carbonyl (C=O) groups excluding carboxylic acids is 2. The molecule has 0 fully saturated rings. The molecule has 1 aromatic carbocycles. The predicted molar refractivity (Wildman–Crippen MR) is 98.1 cm³/mol. The van der Waals surface area contributed by atoms with Gasteiger partial charge in [-0.2, -0.15) is 8.78 Å². The molecule has 7 nitrogen and oxygen atoms in total. The molecule has 0 saturated carbocycles. The molecule has 0 aliphatic carbocycles. The second-order valence-electron chi connectivity index (χ2n) is 6.60. The molecule has 28 heavy (non-hydrogen) atoms. The number of fused-ring (bicyclic) bond motifs is 1. The van der Waals surface area contributed by atoms with Crippen LogP contribution >= 0.6 is 0 Å². The van der Waals surface area contributed by atoms with Crippen molar-refractivity contribution >= 4 is 17.5 Å². The summed E-state index contributed by atoms with van der Waals surface area (Å²) in [5.41, 5.74) is 1.84. The van der Waals surface area contributed by atoms with Crippen LogP contribution in [0.4, 0.5) is 14.5 Å². The Kier molecular flexibility index (Phi) is 6.23. The molecule has 2 aromatic rings. The largest absolute Gasteiger partial charge is 0.494 e. The summed E-state index contributed by atoms with van der Waals surface area (Å²) in [5, 5.41) is 2.81. The second kappa shape index (κ2) is 8.81. The van der Waals surface area contributed by atoms with Crippen LogP contribution in [0.3, 0.4) is 0 Å². The lowest BCUT2D eigenvalue weighted by atomic mass is 10.0. The fourth-order valence-electron chi connectivity index (χ4n) is 3.00. The molecule has 2 amide bonds. The van der Waals surface area contributed by atoms with Crippen LogP contribution in [0.5, 0.6) is 5.75 Å². The van der Waals surface area contributed by atoms with Crippen molar-refractivity contribution in [2.75, 3.05) is 19.0 Å². The lowest BCUT2D eigenvalue weighted by Gasteiger charge is -2.18. The highest BCUT2D eigenvalue weighted by atomic mass is 19.3. The standard InChI is InChI=1S/C19H22F2N4O3/c1-24(12-16-22-8-9-25(16)19(20)21)18(27)3-2-10-28-14-5-6-15-13(11-14)4-7-17(26)23-15/h5-6,8-9,11,19H,2-4,7,10,12H2,1H3,(H,23,26). The summed E-state index contributed by atoms with van der Waals surface area (Å²) in [6.45, 7) is -2.30. The number of rotatable bonds is 8. The summed E-state index contributed by atoms with van der Waals surface area (Å²) in [6, 6.07) is 5.49. The predicted octanol–water partition coefficient (Wildman–Crippen LogP) is 2.98. The van der Waals surface area contributed by atoms with Gasteiger partial charge in [-0.1, -0.05) is 0 Å². The van der Waals surface area contributed by atoms with Gasteiger partial charge in [0.15, 0.2) is 0 Å². The molecule has 0 bridgehead atoms. The molecule has 1 N–H and O–H groups in total. The average molecular weight is 392 g/mol. The van der Waals surface area contributed by atoms with Crippen LogP contribution in [0.25, 0.3) is 0 Å². The van der Waals surface area contributed by atoms with Crippen LogP contribution in [-0.4, -0.2) is 39.9 Å². The fourth-order valence-corrected chi connectivity index (χ4v) is 3.00. The molecular formula is C19H22F2N4O3. The maximum Gasteiger partial charge on any atom is 0.319 e. The monoisotopic (exact) mass is 392 g/mol. The zero-order valence-corrected chi connectivity index (χ0v) is 15.5. The molecule has 9 heteroatoms. The first-order valence-electron chi connectivity index (χ1n) is 9.03. The molecule has 1 aliphatic heterocycles. The molecule has 0 radical (unpaired) electrons. The summed E-state index contributed by atoms with van der Waals surface area (Å²) in [6.07, 6.45) is 4.36. The van der Waals surface area contributed by atoms with Crippen LogP contribution in [0.1, 0.15) is 37.2 Å². The summed E-state index contributed by atoms with van der Waals surface area (Å²) in [7, 11) is 1.56. The lowest BCUT2D eigenvalue weighted by molar-refractivity contribution is -0.130. The van der Waals surface area contributed by atoms with Crippen LogP contribution in [0.2, 0.25) is 0 Å². The molecule has 2 heterocycles. The van der Waals surface area contributed by atoms with Crippen molar-refractivity contribution in [1.29, 1.82) is 0 Å². The van der Waals surface area contributed by atoms with Gasteiger partial charge in [0, 0.05) is 38.0 Å². The molecule has 0 atom stereocenters. The van der Waals surface area contributed by atoms with E-state index in [9.17, 15) is 18.4 Å². The van der Waals surface area contributed by atoms with E-state index in [2.05, 4.69) is 10.3 Å². The maximum absolute atomic E-state index is 12.8. The summed E-state index contributed by atoms with van der Waals surface area (Å²) in [4.78, 5) is 28.8. The fraction of sp³-hybridized carbons (Fsp3) is 0.421. The van der Waals surface area contributed by atoms with Crippen molar-refractivity contribution in [2.45, 2.75) is 38.8 Å². The minimum absolute atomic E-state index is 0.0137. The Morgan fingerprint density at radius 3 is 3.00 bits per heavy atom. The lowest BCUT2D eigenvalue weighted by Crippen LogP contribution is -2.28. The number of ether oxygens (including phenoxy) is 1. The first-order chi connectivity index (χ1) is 13.4. The third-order valence-electron chi connectivity index (χ3n) is 4.54. The molecule has 1 aromatic heterocycles. The van der Waals surface area contributed by atoms with Gasteiger partial charge in [0.25, 0.3) is 0 Å². The third kappa shape index (κ3) is 4.85. The van der Waals surface area contributed by atoms with E-state index in [1.165, 1.54) is 17.3 Å². The number of alkyl halides is 2. The van der Waals surface area contributed by atoms with Gasteiger partial charge in [-0.3, -0.25) is 14.2 Å². The van der Waals surface area contributed by atoms with E-state index in [-0.39, 0.29) is 30.6 Å². The number of aromatic nitrogens is 2. The SMILES string of the molecule is CN(Cc1nccn1C(F)F)C(=O)CCCOc1ccc2c(c1)CCC(=O)N2. The van der Waals surface area contributed by atoms with Crippen LogP contribution in [0.15, 0.2) is 30.6 Å². The Hall–Kier alpha value is -2.97. The quantitative estimate of drug-likeness (QED) is 0.701. The van der Waals surface area contributed by atoms with E-state index in [0.717, 1.165) is 15.8 Å². The Balaban J connectivity index is 1.43. The molecule has 3 rings (SSSR count). The first kappa shape index (κ1) is 19.8. The van der Waals surface area contributed by atoms with Gasteiger partial charge in [0.05, 0.1) is 13.2 Å². The van der Waals surface area contributed by atoms with Crippen LogP contribution < -0.4 is 10.1 Å². The molecule has 0 spiro atoms. The highest BCUT2D eigenvalue weighted by Crippen LogP contribution is 2.26. The first-order valence-corrected chi connectivity index (χ1v) is 9.03. The summed E-state index contributed by atoms with van der Waals surface area (Å²) < 4.78 is 32.1. The second-order valence-corrected chi connectivity index (χ2v) is 6.60. The Morgan fingerprint density at radius 1 is 1.39 bits per heavy atom. The van der Waals surface area contributed by atoms with Gasteiger partial charge in [0.2, 0.25) is 11.8 Å². The number of halogens is 2.